The Kier molecular flexibility index (Phi) is 4.25. The van der Waals surface area contributed by atoms with Crippen molar-refractivity contribution in [3.05, 3.63) is 109 Å². The predicted molar refractivity (Wildman–Crippen MR) is 104 cm³/mol. The van der Waals surface area contributed by atoms with Gasteiger partial charge in [0.25, 0.3) is 0 Å². The Morgan fingerprint density at radius 2 is 1.08 bits per heavy atom. The summed E-state index contributed by atoms with van der Waals surface area (Å²) in [6, 6.07) is 35.2. The highest BCUT2D eigenvalue weighted by atomic mass is 15.1. The van der Waals surface area contributed by atoms with Crippen LogP contribution in [0.3, 0.4) is 0 Å². The van der Waals surface area contributed by atoms with E-state index in [9.17, 15) is 0 Å². The van der Waals surface area contributed by atoms with Gasteiger partial charge in [0.15, 0.2) is 0 Å². The second-order valence-electron chi connectivity index (χ2n) is 5.74. The van der Waals surface area contributed by atoms with Gasteiger partial charge in [-0.05, 0) is 42.5 Å². The number of benzene rings is 3. The van der Waals surface area contributed by atoms with Gasteiger partial charge < -0.3 is 4.90 Å². The van der Waals surface area contributed by atoms with Gasteiger partial charge in [-0.3, -0.25) is 4.98 Å². The highest BCUT2D eigenvalue weighted by Gasteiger charge is 2.16. The van der Waals surface area contributed by atoms with Crippen LogP contribution in [0.4, 0.5) is 17.1 Å². The number of anilines is 3. The fraction of sp³-hybridized carbons (Fsp3) is 0. The molecule has 25 heavy (non-hydrogen) atoms. The van der Waals surface area contributed by atoms with Crippen molar-refractivity contribution in [3.63, 3.8) is 0 Å². The molecule has 0 radical (unpaired) electrons. The molecule has 0 spiro atoms. The Labute approximate surface area is 148 Å². The minimum absolute atomic E-state index is 0.968. The summed E-state index contributed by atoms with van der Waals surface area (Å²) in [6.45, 7) is 0. The molecule has 0 atom stereocenters. The number of hydrogen-bond acceptors (Lipinski definition) is 2. The van der Waals surface area contributed by atoms with Crippen LogP contribution in [0.1, 0.15) is 0 Å². The van der Waals surface area contributed by atoms with Gasteiger partial charge in [-0.1, -0.05) is 60.7 Å². The molecule has 0 fully saturated rings. The van der Waals surface area contributed by atoms with Crippen molar-refractivity contribution >= 4 is 17.1 Å². The lowest BCUT2D eigenvalue weighted by Gasteiger charge is -2.27. The van der Waals surface area contributed by atoms with E-state index in [-0.39, 0.29) is 0 Å². The maximum atomic E-state index is 4.55. The summed E-state index contributed by atoms with van der Waals surface area (Å²) in [6.07, 6.45) is 1.83. The molecular weight excluding hydrogens is 304 g/mol. The summed E-state index contributed by atoms with van der Waals surface area (Å²) in [5.74, 6) is 0. The van der Waals surface area contributed by atoms with Crippen molar-refractivity contribution in [3.8, 4) is 11.3 Å². The molecule has 4 rings (SSSR count). The Morgan fingerprint density at radius 3 is 1.68 bits per heavy atom. The average molecular weight is 322 g/mol. The molecule has 3 aromatic carbocycles. The minimum atomic E-state index is 0.968. The highest BCUT2D eigenvalue weighted by molar-refractivity contribution is 5.86. The predicted octanol–water partition coefficient (Wildman–Crippen LogP) is 6.22. The lowest BCUT2D eigenvalue weighted by molar-refractivity contribution is 1.26. The number of nitrogens with zero attached hydrogens (tertiary/aromatic N) is 2. The standard InChI is InChI=1S/C23H18N2/c1-3-11-19(12-4-1)25(20-13-5-2-6-14-20)23-17-8-7-15-21(23)22-16-9-10-18-24-22/h1-18H. The van der Waals surface area contributed by atoms with E-state index >= 15 is 0 Å². The SMILES string of the molecule is c1ccc(N(c2ccccc2)c2ccccc2-c2ccccn2)cc1. The fourth-order valence-electron chi connectivity index (χ4n) is 2.99. The van der Waals surface area contributed by atoms with Crippen molar-refractivity contribution in [2.24, 2.45) is 0 Å². The van der Waals surface area contributed by atoms with Crippen LogP contribution in [0.5, 0.6) is 0 Å². The van der Waals surface area contributed by atoms with Crippen LogP contribution >= 0.6 is 0 Å². The van der Waals surface area contributed by atoms with Crippen molar-refractivity contribution in [2.75, 3.05) is 4.90 Å². The zero-order valence-corrected chi connectivity index (χ0v) is 13.8. The molecule has 0 saturated heterocycles. The molecule has 0 unspecified atom stereocenters. The van der Waals surface area contributed by atoms with Crippen LogP contribution in [-0.4, -0.2) is 4.98 Å². The molecule has 0 aliphatic rings. The zero-order chi connectivity index (χ0) is 16.9. The summed E-state index contributed by atoms with van der Waals surface area (Å²) >= 11 is 0. The Bertz CT molecular complexity index is 896. The van der Waals surface area contributed by atoms with Gasteiger partial charge >= 0.3 is 0 Å². The van der Waals surface area contributed by atoms with E-state index in [0.717, 1.165) is 28.3 Å². The molecule has 4 aromatic rings. The molecule has 0 amide bonds. The van der Waals surface area contributed by atoms with E-state index < -0.39 is 0 Å². The van der Waals surface area contributed by atoms with Gasteiger partial charge in [0.05, 0.1) is 11.4 Å². The highest BCUT2D eigenvalue weighted by Crippen LogP contribution is 2.39. The van der Waals surface area contributed by atoms with Crippen LogP contribution in [0.15, 0.2) is 109 Å². The number of rotatable bonds is 4. The third kappa shape index (κ3) is 3.15. The third-order valence-electron chi connectivity index (χ3n) is 4.11. The molecule has 1 heterocycles. The van der Waals surface area contributed by atoms with Gasteiger partial charge in [0.1, 0.15) is 0 Å². The second kappa shape index (κ2) is 7.02. The largest absolute Gasteiger partial charge is 0.310 e. The molecule has 2 heteroatoms. The Balaban J connectivity index is 1.93. The van der Waals surface area contributed by atoms with Crippen molar-refractivity contribution in [1.29, 1.82) is 0 Å². The summed E-state index contributed by atoms with van der Waals surface area (Å²) < 4.78 is 0. The molecule has 0 aliphatic heterocycles. The molecule has 0 saturated carbocycles. The monoisotopic (exact) mass is 322 g/mol. The number of hydrogen-bond donors (Lipinski definition) is 0. The van der Waals surface area contributed by atoms with Crippen LogP contribution in [0.2, 0.25) is 0 Å². The maximum Gasteiger partial charge on any atom is 0.0723 e. The molecule has 0 aliphatic carbocycles. The van der Waals surface area contributed by atoms with Crippen LogP contribution in [-0.2, 0) is 0 Å². The first-order valence-electron chi connectivity index (χ1n) is 8.34. The molecule has 120 valence electrons. The van der Waals surface area contributed by atoms with Gasteiger partial charge in [0, 0.05) is 23.1 Å². The fourth-order valence-corrected chi connectivity index (χ4v) is 2.99. The van der Waals surface area contributed by atoms with Crippen molar-refractivity contribution in [1.82, 2.24) is 4.98 Å². The van der Waals surface area contributed by atoms with Gasteiger partial charge in [-0.25, -0.2) is 0 Å². The minimum Gasteiger partial charge on any atom is -0.310 e. The summed E-state index contributed by atoms with van der Waals surface area (Å²) in [5, 5.41) is 0. The molecular formula is C23H18N2. The average Bonchev–Trinajstić information content (AvgIpc) is 2.71. The zero-order valence-electron chi connectivity index (χ0n) is 13.8. The van der Waals surface area contributed by atoms with Crippen LogP contribution in [0, 0.1) is 0 Å². The maximum absolute atomic E-state index is 4.55. The number of pyridine rings is 1. The van der Waals surface area contributed by atoms with Crippen LogP contribution < -0.4 is 4.90 Å². The lowest BCUT2D eigenvalue weighted by atomic mass is 10.1. The van der Waals surface area contributed by atoms with E-state index in [4.69, 9.17) is 0 Å². The molecule has 2 nitrogen and oxygen atoms in total. The van der Waals surface area contributed by atoms with E-state index in [2.05, 4.69) is 82.7 Å². The second-order valence-corrected chi connectivity index (χ2v) is 5.74. The topological polar surface area (TPSA) is 16.1 Å². The lowest BCUT2D eigenvalue weighted by Crippen LogP contribution is -2.11. The number of aromatic nitrogens is 1. The van der Waals surface area contributed by atoms with Crippen molar-refractivity contribution < 1.29 is 0 Å². The normalized spacial score (nSPS) is 10.4. The van der Waals surface area contributed by atoms with Gasteiger partial charge in [0.2, 0.25) is 0 Å². The molecule has 0 bridgehead atoms. The molecule has 0 N–H and O–H groups in total. The Morgan fingerprint density at radius 1 is 0.520 bits per heavy atom. The van der Waals surface area contributed by atoms with Crippen molar-refractivity contribution in [2.45, 2.75) is 0 Å². The summed E-state index contributed by atoms with van der Waals surface area (Å²) in [7, 11) is 0. The van der Waals surface area contributed by atoms with Crippen LogP contribution in [0.25, 0.3) is 11.3 Å². The van der Waals surface area contributed by atoms with E-state index in [1.165, 1.54) is 0 Å². The first-order valence-corrected chi connectivity index (χ1v) is 8.34. The first kappa shape index (κ1) is 15.2. The van der Waals surface area contributed by atoms with Gasteiger partial charge in [-0.15, -0.1) is 0 Å². The number of para-hydroxylation sites is 3. The Hall–Kier alpha value is -3.39. The summed E-state index contributed by atoms with van der Waals surface area (Å²) in [4.78, 5) is 6.82. The van der Waals surface area contributed by atoms with E-state index in [1.54, 1.807) is 0 Å². The smallest absolute Gasteiger partial charge is 0.0723 e. The summed E-state index contributed by atoms with van der Waals surface area (Å²) in [5.41, 5.74) is 5.43. The first-order chi connectivity index (χ1) is 12.4. The van der Waals surface area contributed by atoms with E-state index in [1.807, 2.05) is 36.5 Å². The van der Waals surface area contributed by atoms with E-state index in [0.29, 0.717) is 0 Å². The molecule has 1 aromatic heterocycles. The van der Waals surface area contributed by atoms with Gasteiger partial charge in [-0.2, -0.15) is 0 Å². The third-order valence-corrected chi connectivity index (χ3v) is 4.11. The quantitative estimate of drug-likeness (QED) is 0.443.